The summed E-state index contributed by atoms with van der Waals surface area (Å²) >= 11 is 0. The molecule has 2 rings (SSSR count). The number of carbonyl (C=O) groups is 1. The summed E-state index contributed by atoms with van der Waals surface area (Å²) in [6.45, 7) is 7.23. The number of aryl methyl sites for hydroxylation is 2. The predicted octanol–water partition coefficient (Wildman–Crippen LogP) is 2.10. The first-order chi connectivity index (χ1) is 8.52. The molecule has 0 radical (unpaired) electrons. The molecule has 0 bridgehead atoms. The van der Waals surface area contributed by atoms with Crippen molar-refractivity contribution in [3.63, 3.8) is 0 Å². The number of carbonyl (C=O) groups excluding carboxylic acids is 1. The second kappa shape index (κ2) is 5.14. The molecule has 0 aromatic carbocycles. The molecular formula is C14H22N2O2. The van der Waals surface area contributed by atoms with Gasteiger partial charge in [0.05, 0.1) is 5.56 Å². The summed E-state index contributed by atoms with van der Waals surface area (Å²) in [5.41, 5.74) is 6.42. The number of nitrogens with two attached hydrogens (primary N) is 1. The number of furan rings is 1. The largest absolute Gasteiger partial charge is 0.466 e. The summed E-state index contributed by atoms with van der Waals surface area (Å²) in [4.78, 5) is 14.5. The minimum Gasteiger partial charge on any atom is -0.466 e. The van der Waals surface area contributed by atoms with Gasteiger partial charge in [0.2, 0.25) is 0 Å². The number of hydrogen-bond donors (Lipinski definition) is 1. The van der Waals surface area contributed by atoms with Gasteiger partial charge in [0.1, 0.15) is 11.5 Å². The zero-order chi connectivity index (χ0) is 13.3. The number of hydrogen-bond acceptors (Lipinski definition) is 3. The van der Waals surface area contributed by atoms with Crippen molar-refractivity contribution in [1.29, 1.82) is 0 Å². The fourth-order valence-corrected chi connectivity index (χ4v) is 2.66. The van der Waals surface area contributed by atoms with E-state index in [0.717, 1.165) is 25.1 Å². The van der Waals surface area contributed by atoms with E-state index in [9.17, 15) is 4.79 Å². The van der Waals surface area contributed by atoms with Gasteiger partial charge in [-0.1, -0.05) is 0 Å². The molecule has 2 unspecified atom stereocenters. The van der Waals surface area contributed by atoms with E-state index in [4.69, 9.17) is 10.2 Å². The standard InChI is InChI=1S/C14H22N2O2/c1-9-4-5-12(7-15)8-16(9)14(17)13-6-10(2)18-11(13)3/h6,9,12H,4-5,7-8,15H2,1-3H3. The third-order valence-corrected chi connectivity index (χ3v) is 3.85. The van der Waals surface area contributed by atoms with Gasteiger partial charge in [-0.25, -0.2) is 0 Å². The average molecular weight is 250 g/mol. The Hall–Kier alpha value is -1.29. The Labute approximate surface area is 108 Å². The average Bonchev–Trinajstić information content (AvgIpc) is 2.68. The van der Waals surface area contributed by atoms with E-state index in [1.807, 2.05) is 24.8 Å². The molecule has 0 saturated carbocycles. The fourth-order valence-electron chi connectivity index (χ4n) is 2.66. The molecule has 1 aromatic rings. The van der Waals surface area contributed by atoms with Crippen molar-refractivity contribution in [3.05, 3.63) is 23.2 Å². The molecule has 4 heteroatoms. The second-order valence-electron chi connectivity index (χ2n) is 5.31. The van der Waals surface area contributed by atoms with Crippen LogP contribution in [0.2, 0.25) is 0 Å². The SMILES string of the molecule is Cc1cc(C(=O)N2CC(CN)CCC2C)c(C)o1. The first-order valence-electron chi connectivity index (χ1n) is 6.61. The molecule has 4 nitrogen and oxygen atoms in total. The highest BCUT2D eigenvalue weighted by atomic mass is 16.3. The zero-order valence-corrected chi connectivity index (χ0v) is 11.4. The van der Waals surface area contributed by atoms with E-state index >= 15 is 0 Å². The van der Waals surface area contributed by atoms with Crippen LogP contribution in [0.5, 0.6) is 0 Å². The summed E-state index contributed by atoms with van der Waals surface area (Å²) in [7, 11) is 0. The van der Waals surface area contributed by atoms with Crippen LogP contribution in [0, 0.1) is 19.8 Å². The van der Waals surface area contributed by atoms with Gasteiger partial charge in [-0.3, -0.25) is 4.79 Å². The molecule has 1 saturated heterocycles. The van der Waals surface area contributed by atoms with E-state index < -0.39 is 0 Å². The van der Waals surface area contributed by atoms with Gasteiger partial charge in [0.15, 0.2) is 0 Å². The molecule has 1 aliphatic rings. The number of nitrogens with zero attached hydrogens (tertiary/aromatic N) is 1. The van der Waals surface area contributed by atoms with Gasteiger partial charge in [0.25, 0.3) is 5.91 Å². The minimum atomic E-state index is 0.0787. The van der Waals surface area contributed by atoms with Crippen LogP contribution in [-0.4, -0.2) is 29.9 Å². The lowest BCUT2D eigenvalue weighted by Gasteiger charge is -2.37. The Morgan fingerprint density at radius 2 is 2.22 bits per heavy atom. The van der Waals surface area contributed by atoms with Crippen molar-refractivity contribution in [2.45, 2.75) is 39.7 Å². The second-order valence-corrected chi connectivity index (χ2v) is 5.31. The van der Waals surface area contributed by atoms with Gasteiger partial charge < -0.3 is 15.1 Å². The zero-order valence-electron chi connectivity index (χ0n) is 11.4. The van der Waals surface area contributed by atoms with Gasteiger partial charge in [0, 0.05) is 12.6 Å². The summed E-state index contributed by atoms with van der Waals surface area (Å²) < 4.78 is 5.44. The monoisotopic (exact) mass is 250 g/mol. The van der Waals surface area contributed by atoms with Gasteiger partial charge >= 0.3 is 0 Å². The summed E-state index contributed by atoms with van der Waals surface area (Å²) in [6.07, 6.45) is 2.15. The van der Waals surface area contributed by atoms with Crippen LogP contribution in [0.15, 0.2) is 10.5 Å². The maximum atomic E-state index is 12.5. The van der Waals surface area contributed by atoms with Crippen molar-refractivity contribution < 1.29 is 9.21 Å². The van der Waals surface area contributed by atoms with E-state index in [-0.39, 0.29) is 11.9 Å². The summed E-state index contributed by atoms with van der Waals surface area (Å²) in [6, 6.07) is 2.12. The van der Waals surface area contributed by atoms with E-state index in [2.05, 4.69) is 6.92 Å². The molecule has 18 heavy (non-hydrogen) atoms. The quantitative estimate of drug-likeness (QED) is 0.874. The first kappa shape index (κ1) is 13.1. The Kier molecular flexibility index (Phi) is 3.76. The highest BCUT2D eigenvalue weighted by Crippen LogP contribution is 2.25. The maximum Gasteiger partial charge on any atom is 0.257 e. The van der Waals surface area contributed by atoms with E-state index in [1.165, 1.54) is 0 Å². The predicted molar refractivity (Wildman–Crippen MR) is 70.5 cm³/mol. The minimum absolute atomic E-state index is 0.0787. The summed E-state index contributed by atoms with van der Waals surface area (Å²) in [5.74, 6) is 2.00. The molecule has 1 aliphatic heterocycles. The number of amides is 1. The smallest absolute Gasteiger partial charge is 0.257 e. The molecule has 1 amide bonds. The molecule has 2 atom stereocenters. The van der Waals surface area contributed by atoms with Crippen molar-refractivity contribution in [2.24, 2.45) is 11.7 Å². The third-order valence-electron chi connectivity index (χ3n) is 3.85. The third kappa shape index (κ3) is 2.43. The van der Waals surface area contributed by atoms with E-state index in [0.29, 0.717) is 23.8 Å². The fraction of sp³-hybridized carbons (Fsp3) is 0.643. The van der Waals surface area contributed by atoms with Crippen molar-refractivity contribution in [1.82, 2.24) is 4.90 Å². The molecule has 0 spiro atoms. The topological polar surface area (TPSA) is 59.5 Å². The van der Waals surface area contributed by atoms with Crippen molar-refractivity contribution >= 4 is 5.91 Å². The van der Waals surface area contributed by atoms with E-state index in [1.54, 1.807) is 0 Å². The van der Waals surface area contributed by atoms with Gasteiger partial charge in [-0.15, -0.1) is 0 Å². The van der Waals surface area contributed by atoms with Crippen molar-refractivity contribution in [2.75, 3.05) is 13.1 Å². The van der Waals surface area contributed by atoms with Crippen LogP contribution < -0.4 is 5.73 Å². The molecule has 2 heterocycles. The first-order valence-corrected chi connectivity index (χ1v) is 6.61. The van der Waals surface area contributed by atoms with Crippen LogP contribution in [-0.2, 0) is 0 Å². The normalized spacial score (nSPS) is 24.3. The maximum absolute atomic E-state index is 12.5. The highest BCUT2D eigenvalue weighted by molar-refractivity contribution is 5.95. The Balaban J connectivity index is 2.19. The Morgan fingerprint density at radius 3 is 2.78 bits per heavy atom. The lowest BCUT2D eigenvalue weighted by atomic mass is 9.93. The van der Waals surface area contributed by atoms with Gasteiger partial charge in [-0.2, -0.15) is 0 Å². The molecule has 2 N–H and O–H groups in total. The van der Waals surface area contributed by atoms with Crippen LogP contribution >= 0.6 is 0 Å². The number of likely N-dealkylation sites (tertiary alicyclic amines) is 1. The Bertz CT molecular complexity index is 439. The Morgan fingerprint density at radius 1 is 1.50 bits per heavy atom. The lowest BCUT2D eigenvalue weighted by molar-refractivity contribution is 0.0565. The van der Waals surface area contributed by atoms with Crippen LogP contribution in [0.3, 0.4) is 0 Å². The highest BCUT2D eigenvalue weighted by Gasteiger charge is 2.30. The van der Waals surface area contributed by atoms with Crippen molar-refractivity contribution in [3.8, 4) is 0 Å². The van der Waals surface area contributed by atoms with Crippen LogP contribution in [0.1, 0.15) is 41.6 Å². The number of rotatable bonds is 2. The molecule has 100 valence electrons. The van der Waals surface area contributed by atoms with Crippen LogP contribution in [0.4, 0.5) is 0 Å². The summed E-state index contributed by atoms with van der Waals surface area (Å²) in [5, 5.41) is 0. The van der Waals surface area contributed by atoms with Gasteiger partial charge in [-0.05, 0) is 52.1 Å². The lowest BCUT2D eigenvalue weighted by Crippen LogP contribution is -2.47. The molecule has 0 aliphatic carbocycles. The molecule has 1 fully saturated rings. The molecule has 1 aromatic heterocycles. The van der Waals surface area contributed by atoms with Crippen LogP contribution in [0.25, 0.3) is 0 Å². The number of piperidine rings is 1. The molecular weight excluding hydrogens is 228 g/mol.